The van der Waals surface area contributed by atoms with Crippen LogP contribution in [0.3, 0.4) is 0 Å². The van der Waals surface area contributed by atoms with E-state index in [-0.39, 0.29) is 63.9 Å². The molecule has 0 rings (SSSR count). The van der Waals surface area contributed by atoms with Gasteiger partial charge in [-0.15, -0.1) is 0 Å². The van der Waals surface area contributed by atoms with E-state index in [0.717, 1.165) is 0 Å². The van der Waals surface area contributed by atoms with E-state index in [1.54, 1.807) is 0 Å². The molecule has 0 fully saturated rings. The number of rotatable bonds is 0. The van der Waals surface area contributed by atoms with Crippen LogP contribution in [-0.4, -0.2) is 56.5 Å². The molecule has 0 bridgehead atoms. The minimum Gasteiger partial charge on any atom is -0.511 e. The molecule has 2 radical (unpaired) electrons. The fourth-order valence-corrected chi connectivity index (χ4v) is 0. The predicted octanol–water partition coefficient (Wildman–Crippen LogP) is -2.00. The molecule has 0 aliphatic rings. The smallest absolute Gasteiger partial charge is 0.511 e. The first-order chi connectivity index (χ1) is 1.73. The van der Waals surface area contributed by atoms with Gasteiger partial charge in [0.25, 0.3) is 0 Å². The van der Waals surface area contributed by atoms with Crippen molar-refractivity contribution in [3.63, 3.8) is 0 Å². The predicted molar refractivity (Wildman–Crippen MR) is 16.6 cm³/mol. The van der Waals surface area contributed by atoms with Crippen molar-refractivity contribution in [1.82, 2.24) is 0 Å². The molecule has 6 heteroatoms. The Morgan fingerprint density at radius 3 is 1.33 bits per heavy atom. The van der Waals surface area contributed by atoms with Crippen LogP contribution in [0, 0.1) is 0 Å². The summed E-state index contributed by atoms with van der Waals surface area (Å²) < 4.78 is 8.74. The topological polar surface area (TPSA) is 57.5 Å². The first kappa shape index (κ1) is 15.7. The van der Waals surface area contributed by atoms with Crippen LogP contribution in [0.5, 0.6) is 0 Å². The third-order valence-electron chi connectivity index (χ3n) is 0. The molecule has 2 N–H and O–H groups in total. The summed E-state index contributed by atoms with van der Waals surface area (Å²) >= 11 is 0. The van der Waals surface area contributed by atoms with Gasteiger partial charge >= 0.3 is 9.17 Å². The second-order valence-corrected chi connectivity index (χ2v) is 0.848. The van der Waals surface area contributed by atoms with Gasteiger partial charge in [-0.05, 0) is 0 Å². The summed E-state index contributed by atoms with van der Waals surface area (Å²) in [7, 11) is -3.13. The Kier molecular flexibility index (Phi) is 25.8. The molecule has 0 heterocycles. The van der Waals surface area contributed by atoms with E-state index in [0.29, 0.717) is 0 Å². The van der Waals surface area contributed by atoms with Crippen LogP contribution in [0.15, 0.2) is 0 Å². The largest absolute Gasteiger partial charge is 0.761 e. The van der Waals surface area contributed by atoms with E-state index in [1.165, 1.54) is 0 Å². The molecule has 0 saturated heterocycles. The fraction of sp³-hybridized carbons (Fsp3) is 0. The molecule has 0 spiro atoms. The first-order valence-corrected chi connectivity index (χ1v) is 1.95. The Morgan fingerprint density at radius 2 is 1.33 bits per heavy atom. The molecule has 0 atom stereocenters. The van der Waals surface area contributed by atoms with E-state index >= 15 is 0 Å². The van der Waals surface area contributed by atoms with Crippen LogP contribution >= 0.6 is 0 Å². The van der Waals surface area contributed by atoms with E-state index in [9.17, 15) is 0 Å². The van der Waals surface area contributed by atoms with Gasteiger partial charge in [-0.2, -0.15) is 0 Å². The molecule has 0 aromatic rings. The van der Waals surface area contributed by atoms with Crippen LogP contribution < -0.4 is 0 Å². The fourth-order valence-electron chi connectivity index (χ4n) is 0. The number of hydrogen-bond acceptors (Lipinski definition) is 1. The summed E-state index contributed by atoms with van der Waals surface area (Å²) in [5, 5.41) is 0. The van der Waals surface area contributed by atoms with Crippen molar-refractivity contribution in [2.75, 3.05) is 0 Å². The average molecular weight is 209 g/mol. The second-order valence-electron chi connectivity index (χ2n) is 0.283. The molecule has 0 aromatic heterocycles. The van der Waals surface area contributed by atoms with Gasteiger partial charge < -0.3 is 9.59 Å². The van der Waals surface area contributed by atoms with Gasteiger partial charge in [-0.1, -0.05) is 0 Å². The Balaban J connectivity index is -0.0000000450. The molecule has 0 saturated carbocycles. The van der Waals surface area contributed by atoms with Crippen molar-refractivity contribution in [3.8, 4) is 0 Å². The Morgan fingerprint density at radius 1 is 1.33 bits per heavy atom. The van der Waals surface area contributed by atoms with Gasteiger partial charge in [0.05, 0.1) is 0 Å². The molecule has 0 aromatic carbocycles. The summed E-state index contributed by atoms with van der Waals surface area (Å²) in [6.45, 7) is 0. The van der Waals surface area contributed by atoms with Gasteiger partial charge in [0.1, 0.15) is 0 Å². The van der Waals surface area contributed by atoms with Crippen LogP contribution in [0.1, 0.15) is 0 Å². The van der Waals surface area contributed by atoms with Gasteiger partial charge in [0.15, 0.2) is 0 Å². The Hall–Kier alpha value is 1.76. The Labute approximate surface area is 85.8 Å². The molecular formula is H2CaO3SiZr. The number of hydrogen-bond donors (Lipinski definition) is 2. The molecule has 0 aliphatic heterocycles. The molecule has 0 amide bonds. The van der Waals surface area contributed by atoms with Crippen molar-refractivity contribution in [3.05, 3.63) is 0 Å². The first-order valence-electron chi connectivity index (χ1n) is 0.651. The maximum absolute atomic E-state index is 8.74. The third kappa shape index (κ3) is 42.1. The molecule has 30 valence electrons. The van der Waals surface area contributed by atoms with Crippen LogP contribution in [0.2, 0.25) is 0 Å². The summed E-state index contributed by atoms with van der Waals surface area (Å²) in [4.78, 5) is 14.3. The summed E-state index contributed by atoms with van der Waals surface area (Å²) in [5.41, 5.74) is 0. The van der Waals surface area contributed by atoms with Gasteiger partial charge in [0, 0.05) is 63.9 Å². The normalized spacial score (nSPS) is 4.00. The van der Waals surface area contributed by atoms with E-state index in [1.807, 2.05) is 0 Å². The monoisotopic (exact) mass is 208 g/mol. The van der Waals surface area contributed by atoms with Gasteiger partial charge in [-0.25, -0.2) is 0 Å². The zero-order chi connectivity index (χ0) is 3.58. The van der Waals surface area contributed by atoms with Crippen molar-refractivity contribution >= 4 is 46.9 Å². The second kappa shape index (κ2) is 9.90. The van der Waals surface area contributed by atoms with Crippen molar-refractivity contribution < 1.29 is 40.3 Å². The van der Waals surface area contributed by atoms with E-state index < -0.39 is 9.17 Å². The molecule has 0 unspecified atom stereocenters. The van der Waals surface area contributed by atoms with Crippen molar-refractivity contribution in [1.29, 1.82) is 0 Å². The van der Waals surface area contributed by atoms with Crippen molar-refractivity contribution in [2.45, 2.75) is 0 Å². The molecular weight excluding hydrogens is 207 g/mol. The van der Waals surface area contributed by atoms with Crippen LogP contribution in [-0.2, 0) is 30.7 Å². The van der Waals surface area contributed by atoms with E-state index in [2.05, 4.69) is 0 Å². The SMILES string of the molecule is O=[Si](O)O.[Ca].[Zr]. The van der Waals surface area contributed by atoms with E-state index in [4.69, 9.17) is 14.1 Å². The quantitative estimate of drug-likeness (QED) is 0.454. The zero-order valence-corrected chi connectivity index (χ0v) is 8.68. The summed E-state index contributed by atoms with van der Waals surface area (Å²) in [6.07, 6.45) is 0. The maximum atomic E-state index is 8.74. The minimum absolute atomic E-state index is 0. The zero-order valence-electron chi connectivity index (χ0n) is 3.01. The minimum atomic E-state index is -3.13. The average Bonchev–Trinajstić information content (AvgIpc) is 0.811. The van der Waals surface area contributed by atoms with Gasteiger partial charge in [-0.3, -0.25) is 4.46 Å². The standard InChI is InChI=1S/Ca.H2O3Si.Zr/c;1-4(2)3;/h;1-2H;. The van der Waals surface area contributed by atoms with Gasteiger partial charge in [0.2, 0.25) is 0 Å². The molecule has 0 aliphatic carbocycles. The third-order valence-corrected chi connectivity index (χ3v) is 0. The van der Waals surface area contributed by atoms with Crippen LogP contribution in [0.4, 0.5) is 0 Å². The molecule has 6 heavy (non-hydrogen) atoms. The summed E-state index contributed by atoms with van der Waals surface area (Å²) in [6, 6.07) is 0. The maximum Gasteiger partial charge on any atom is 0.761 e. The van der Waals surface area contributed by atoms with Crippen LogP contribution in [0.25, 0.3) is 0 Å². The molecule has 3 nitrogen and oxygen atoms in total. The summed E-state index contributed by atoms with van der Waals surface area (Å²) in [5.74, 6) is 0. The van der Waals surface area contributed by atoms with Crippen molar-refractivity contribution in [2.24, 2.45) is 0 Å². The Bertz CT molecular complexity index is 33.8.